The van der Waals surface area contributed by atoms with Gasteiger partial charge in [0, 0.05) is 6.07 Å². The fraction of sp³-hybridized carbons (Fsp3) is 0.333. The summed E-state index contributed by atoms with van der Waals surface area (Å²) in [4.78, 5) is 13.9. The molecular weight excluding hydrogens is 218 g/mol. The van der Waals surface area contributed by atoms with Crippen molar-refractivity contribution in [2.45, 2.75) is 0 Å². The lowest BCUT2D eigenvalue weighted by Crippen LogP contribution is -2.10. The third-order valence-corrected chi connectivity index (χ3v) is 1.68. The van der Waals surface area contributed by atoms with Gasteiger partial charge in [0.15, 0.2) is 11.5 Å². The van der Waals surface area contributed by atoms with Crippen LogP contribution in [0.5, 0.6) is 17.2 Å². The molecule has 0 heterocycles. The number of hydrogen-bond donors (Lipinski definition) is 1. The Morgan fingerprint density at radius 3 is 2.75 bits per heavy atom. The second kappa shape index (κ2) is 5.64. The fourth-order valence-corrected chi connectivity index (χ4v) is 1.04. The van der Waals surface area contributed by atoms with Crippen molar-refractivity contribution in [1.29, 1.82) is 0 Å². The van der Waals surface area contributed by atoms with Crippen LogP contribution in [-0.4, -0.2) is 30.5 Å². The van der Waals surface area contributed by atoms with Gasteiger partial charge in [-0.05, 0) is 12.1 Å². The van der Waals surface area contributed by atoms with E-state index in [-0.39, 0.29) is 19.0 Å². The minimum absolute atomic E-state index is 0.0131. The summed E-state index contributed by atoms with van der Waals surface area (Å²) in [5.41, 5.74) is 0. The van der Waals surface area contributed by atoms with E-state index in [0.29, 0.717) is 11.5 Å². The summed E-state index contributed by atoms with van der Waals surface area (Å²) >= 11 is 0. The second-order valence-electron chi connectivity index (χ2n) is 2.74. The van der Waals surface area contributed by atoms with Crippen molar-refractivity contribution in [1.82, 2.24) is 0 Å². The highest BCUT2D eigenvalue weighted by molar-refractivity contribution is 5.44. The van der Waals surface area contributed by atoms with Gasteiger partial charge in [-0.15, -0.1) is 10.1 Å². The van der Waals surface area contributed by atoms with Crippen LogP contribution in [0.25, 0.3) is 0 Å². The molecule has 0 aliphatic carbocycles. The predicted octanol–water partition coefficient (Wildman–Crippen LogP) is 0.988. The maximum atomic E-state index is 9.85. The molecule has 7 nitrogen and oxygen atoms in total. The minimum atomic E-state index is -0.900. The third kappa shape index (κ3) is 3.52. The molecule has 0 aliphatic heterocycles. The lowest BCUT2D eigenvalue weighted by atomic mass is 10.3. The van der Waals surface area contributed by atoms with Crippen molar-refractivity contribution in [3.8, 4) is 17.2 Å². The largest absolute Gasteiger partial charge is 0.508 e. The molecule has 0 bridgehead atoms. The molecule has 0 aliphatic rings. The summed E-state index contributed by atoms with van der Waals surface area (Å²) in [5.74, 6) is 0.749. The number of ether oxygens (including phenoxy) is 2. The number of nitrogens with zero attached hydrogens (tertiary/aromatic N) is 1. The van der Waals surface area contributed by atoms with Gasteiger partial charge in [0.25, 0.3) is 5.09 Å². The molecule has 0 aromatic heterocycles. The van der Waals surface area contributed by atoms with E-state index in [4.69, 9.17) is 9.47 Å². The Hall–Kier alpha value is -2.18. The monoisotopic (exact) mass is 229 g/mol. The fourth-order valence-electron chi connectivity index (χ4n) is 1.04. The van der Waals surface area contributed by atoms with Crippen molar-refractivity contribution in [3.63, 3.8) is 0 Å². The summed E-state index contributed by atoms with van der Waals surface area (Å²) in [6.45, 7) is -0.202. The van der Waals surface area contributed by atoms with E-state index < -0.39 is 5.09 Å². The van der Waals surface area contributed by atoms with Crippen molar-refractivity contribution in [3.05, 3.63) is 28.3 Å². The average Bonchev–Trinajstić information content (AvgIpc) is 2.24. The summed E-state index contributed by atoms with van der Waals surface area (Å²) in [5, 5.41) is 18.2. The van der Waals surface area contributed by atoms with Gasteiger partial charge in [-0.2, -0.15) is 0 Å². The van der Waals surface area contributed by atoms with Crippen LogP contribution in [-0.2, 0) is 4.84 Å². The molecule has 88 valence electrons. The number of benzene rings is 1. The lowest BCUT2D eigenvalue weighted by molar-refractivity contribution is -0.757. The Bertz CT molecular complexity index is 367. The van der Waals surface area contributed by atoms with Gasteiger partial charge < -0.3 is 19.4 Å². The van der Waals surface area contributed by atoms with Gasteiger partial charge in [0.2, 0.25) is 0 Å². The van der Waals surface area contributed by atoms with Gasteiger partial charge in [-0.1, -0.05) is 0 Å². The molecule has 0 radical (unpaired) electrons. The van der Waals surface area contributed by atoms with E-state index in [1.54, 1.807) is 0 Å². The molecule has 0 saturated carbocycles. The van der Waals surface area contributed by atoms with Crippen molar-refractivity contribution < 1.29 is 24.5 Å². The van der Waals surface area contributed by atoms with Gasteiger partial charge in [0.1, 0.15) is 19.0 Å². The molecule has 1 aromatic carbocycles. The van der Waals surface area contributed by atoms with Crippen LogP contribution in [0.15, 0.2) is 18.2 Å². The lowest BCUT2D eigenvalue weighted by Gasteiger charge is -2.10. The number of rotatable bonds is 6. The minimum Gasteiger partial charge on any atom is -0.508 e. The van der Waals surface area contributed by atoms with Crippen LogP contribution in [0.3, 0.4) is 0 Å². The number of phenols is 1. The zero-order chi connectivity index (χ0) is 12.0. The van der Waals surface area contributed by atoms with Crippen LogP contribution in [0, 0.1) is 10.1 Å². The number of aromatic hydroxyl groups is 1. The Morgan fingerprint density at radius 1 is 1.38 bits per heavy atom. The molecule has 0 saturated heterocycles. The first-order chi connectivity index (χ1) is 7.63. The first kappa shape index (κ1) is 11.9. The van der Waals surface area contributed by atoms with E-state index in [0.717, 1.165) is 0 Å². The summed E-state index contributed by atoms with van der Waals surface area (Å²) in [6, 6.07) is 4.32. The van der Waals surface area contributed by atoms with E-state index >= 15 is 0 Å². The highest BCUT2D eigenvalue weighted by Gasteiger charge is 2.05. The predicted molar refractivity (Wildman–Crippen MR) is 53.1 cm³/mol. The molecule has 0 atom stereocenters. The molecule has 1 aromatic rings. The molecule has 0 amide bonds. The zero-order valence-corrected chi connectivity index (χ0v) is 8.58. The first-order valence-electron chi connectivity index (χ1n) is 4.40. The Kier molecular flexibility index (Phi) is 4.19. The van der Waals surface area contributed by atoms with Crippen molar-refractivity contribution in [2.75, 3.05) is 20.3 Å². The maximum Gasteiger partial charge on any atom is 0.294 e. The maximum absolute atomic E-state index is 9.85. The average molecular weight is 229 g/mol. The summed E-state index contributed by atoms with van der Waals surface area (Å²) in [7, 11) is 1.45. The molecular formula is C9H11NO6. The summed E-state index contributed by atoms with van der Waals surface area (Å²) < 4.78 is 10.1. The van der Waals surface area contributed by atoms with Crippen LogP contribution < -0.4 is 9.47 Å². The highest BCUT2D eigenvalue weighted by Crippen LogP contribution is 2.30. The molecule has 1 rings (SSSR count). The Labute approximate surface area is 91.3 Å². The highest BCUT2D eigenvalue weighted by atomic mass is 17.0. The molecule has 0 spiro atoms. The van der Waals surface area contributed by atoms with Crippen LogP contribution >= 0.6 is 0 Å². The quantitative estimate of drug-likeness (QED) is 0.444. The number of hydrogen-bond acceptors (Lipinski definition) is 6. The zero-order valence-electron chi connectivity index (χ0n) is 8.58. The second-order valence-corrected chi connectivity index (χ2v) is 2.74. The normalized spacial score (nSPS) is 9.56. The van der Waals surface area contributed by atoms with Crippen LogP contribution in [0.2, 0.25) is 0 Å². The van der Waals surface area contributed by atoms with Crippen molar-refractivity contribution in [2.24, 2.45) is 0 Å². The van der Waals surface area contributed by atoms with Crippen molar-refractivity contribution >= 4 is 0 Å². The van der Waals surface area contributed by atoms with E-state index in [9.17, 15) is 15.2 Å². The van der Waals surface area contributed by atoms with Gasteiger partial charge in [0.05, 0.1) is 7.11 Å². The Morgan fingerprint density at radius 2 is 2.12 bits per heavy atom. The number of phenolic OH excluding ortho intramolecular Hbond substituents is 1. The molecule has 16 heavy (non-hydrogen) atoms. The van der Waals surface area contributed by atoms with Crippen LogP contribution in [0.1, 0.15) is 0 Å². The third-order valence-electron chi connectivity index (χ3n) is 1.68. The molecule has 0 unspecified atom stereocenters. The van der Waals surface area contributed by atoms with Gasteiger partial charge in [-0.3, -0.25) is 0 Å². The van der Waals surface area contributed by atoms with Gasteiger partial charge in [-0.25, -0.2) is 0 Å². The van der Waals surface area contributed by atoms with Crippen LogP contribution in [0.4, 0.5) is 0 Å². The van der Waals surface area contributed by atoms with E-state index in [2.05, 4.69) is 4.84 Å². The molecule has 0 fully saturated rings. The molecule has 1 N–H and O–H groups in total. The number of methoxy groups -OCH3 is 1. The SMILES string of the molecule is COc1ccc(O)cc1OCCO[N+](=O)[O-]. The first-order valence-corrected chi connectivity index (χ1v) is 4.40. The smallest absolute Gasteiger partial charge is 0.294 e. The molecule has 7 heteroatoms. The topological polar surface area (TPSA) is 91.1 Å². The Balaban J connectivity index is 2.51. The summed E-state index contributed by atoms with van der Waals surface area (Å²) in [6.07, 6.45) is 0. The van der Waals surface area contributed by atoms with E-state index in [1.165, 1.54) is 25.3 Å². The standard InChI is InChI=1S/C9H11NO6/c1-14-8-3-2-7(11)6-9(8)15-4-5-16-10(12)13/h2-3,6,11H,4-5H2,1H3. The van der Waals surface area contributed by atoms with Gasteiger partial charge >= 0.3 is 0 Å². The van der Waals surface area contributed by atoms with E-state index in [1.807, 2.05) is 0 Å².